The lowest BCUT2D eigenvalue weighted by Gasteiger charge is -2.20. The second-order valence-electron chi connectivity index (χ2n) is 3.33. The van der Waals surface area contributed by atoms with Gasteiger partial charge in [0.05, 0.1) is 13.5 Å². The molecule has 0 aromatic heterocycles. The van der Waals surface area contributed by atoms with Gasteiger partial charge in [0.25, 0.3) is 0 Å². The van der Waals surface area contributed by atoms with Crippen LogP contribution in [0.3, 0.4) is 0 Å². The average molecular weight is 187 g/mol. The van der Waals surface area contributed by atoms with Gasteiger partial charge in [-0.25, -0.2) is 0 Å². The Morgan fingerprint density at radius 1 is 1.38 bits per heavy atom. The van der Waals surface area contributed by atoms with Crippen LogP contribution in [0.25, 0.3) is 0 Å². The number of carbonyl (C=O) groups is 2. The van der Waals surface area contributed by atoms with Crippen molar-refractivity contribution in [2.45, 2.75) is 33.2 Å². The Morgan fingerprint density at radius 2 is 1.92 bits per heavy atom. The van der Waals surface area contributed by atoms with E-state index >= 15 is 0 Å². The second-order valence-corrected chi connectivity index (χ2v) is 3.33. The first kappa shape index (κ1) is 11.9. The molecule has 0 aromatic carbocycles. The second kappa shape index (κ2) is 5.56. The lowest BCUT2D eigenvalue weighted by Crippen LogP contribution is -2.39. The number of amides is 1. The zero-order valence-corrected chi connectivity index (χ0v) is 8.59. The van der Waals surface area contributed by atoms with Crippen LogP contribution in [0.2, 0.25) is 0 Å². The number of nitrogens with one attached hydrogen (secondary N) is 1. The van der Waals surface area contributed by atoms with Gasteiger partial charge in [0, 0.05) is 13.0 Å². The maximum absolute atomic E-state index is 10.9. The normalized spacial score (nSPS) is 12.4. The third-order valence-corrected chi connectivity index (χ3v) is 1.81. The summed E-state index contributed by atoms with van der Waals surface area (Å²) in [5.74, 6) is -0.196. The Kier molecular flexibility index (Phi) is 5.11. The average Bonchev–Trinajstić information content (AvgIpc) is 2.02. The molecule has 0 aliphatic carbocycles. The fourth-order valence-corrected chi connectivity index (χ4v) is 0.977. The van der Waals surface area contributed by atoms with E-state index in [1.54, 1.807) is 0 Å². The molecule has 1 amide bonds. The van der Waals surface area contributed by atoms with E-state index in [0.717, 1.165) is 0 Å². The lowest BCUT2D eigenvalue weighted by molar-refractivity contribution is -0.141. The summed E-state index contributed by atoms with van der Waals surface area (Å²) in [6.45, 7) is 5.33. The summed E-state index contributed by atoms with van der Waals surface area (Å²) in [7, 11) is 1.34. The van der Waals surface area contributed by atoms with E-state index in [-0.39, 0.29) is 30.3 Å². The molecule has 0 aliphatic rings. The predicted molar refractivity (Wildman–Crippen MR) is 49.1 cm³/mol. The zero-order chi connectivity index (χ0) is 10.4. The Bertz CT molecular complexity index is 189. The predicted octanol–water partition coefficient (Wildman–Crippen LogP) is 0.710. The third-order valence-electron chi connectivity index (χ3n) is 1.81. The van der Waals surface area contributed by atoms with Crippen molar-refractivity contribution in [2.24, 2.45) is 5.92 Å². The molecule has 4 nitrogen and oxygen atoms in total. The maximum atomic E-state index is 10.9. The third kappa shape index (κ3) is 5.22. The molecule has 4 heteroatoms. The number of carbonyl (C=O) groups excluding carboxylic acids is 2. The van der Waals surface area contributed by atoms with Gasteiger partial charge < -0.3 is 10.1 Å². The molecule has 76 valence electrons. The minimum atomic E-state index is -0.299. The SMILES string of the molecule is COC(=O)CC(NC(C)=O)C(C)C. The van der Waals surface area contributed by atoms with Crippen molar-refractivity contribution in [3.63, 3.8) is 0 Å². The molecule has 1 atom stereocenters. The van der Waals surface area contributed by atoms with Crippen molar-refractivity contribution < 1.29 is 14.3 Å². The fourth-order valence-electron chi connectivity index (χ4n) is 0.977. The molecule has 0 fully saturated rings. The van der Waals surface area contributed by atoms with Gasteiger partial charge in [0.15, 0.2) is 0 Å². The van der Waals surface area contributed by atoms with Crippen LogP contribution in [0.5, 0.6) is 0 Å². The molecule has 0 aliphatic heterocycles. The van der Waals surface area contributed by atoms with Crippen LogP contribution in [0.1, 0.15) is 27.2 Å². The molecule has 1 unspecified atom stereocenters. The zero-order valence-electron chi connectivity index (χ0n) is 8.59. The standard InChI is InChI=1S/C9H17NO3/c1-6(2)8(10-7(3)11)5-9(12)13-4/h6,8H,5H2,1-4H3,(H,10,11). The summed E-state index contributed by atoms with van der Waals surface area (Å²) in [5.41, 5.74) is 0. The number of ether oxygens (including phenoxy) is 1. The van der Waals surface area contributed by atoms with Gasteiger partial charge in [-0.2, -0.15) is 0 Å². The van der Waals surface area contributed by atoms with Crippen LogP contribution in [0.4, 0.5) is 0 Å². The Morgan fingerprint density at radius 3 is 2.23 bits per heavy atom. The van der Waals surface area contributed by atoms with Crippen molar-refractivity contribution in [3.8, 4) is 0 Å². The quantitative estimate of drug-likeness (QED) is 0.659. The highest BCUT2D eigenvalue weighted by Crippen LogP contribution is 2.06. The van der Waals surface area contributed by atoms with Gasteiger partial charge >= 0.3 is 5.97 Å². The van der Waals surface area contributed by atoms with E-state index in [2.05, 4.69) is 10.1 Å². The summed E-state index contributed by atoms with van der Waals surface area (Å²) in [6.07, 6.45) is 0.230. The number of rotatable bonds is 4. The summed E-state index contributed by atoms with van der Waals surface area (Å²) >= 11 is 0. The van der Waals surface area contributed by atoms with Gasteiger partial charge in [-0.05, 0) is 5.92 Å². The Balaban J connectivity index is 4.09. The highest BCUT2D eigenvalue weighted by atomic mass is 16.5. The van der Waals surface area contributed by atoms with Gasteiger partial charge in [0.1, 0.15) is 0 Å². The van der Waals surface area contributed by atoms with E-state index in [0.29, 0.717) is 0 Å². The van der Waals surface area contributed by atoms with E-state index in [9.17, 15) is 9.59 Å². The van der Waals surface area contributed by atoms with Crippen LogP contribution in [0, 0.1) is 5.92 Å². The molecule has 13 heavy (non-hydrogen) atoms. The minimum Gasteiger partial charge on any atom is -0.469 e. The van der Waals surface area contributed by atoms with Crippen molar-refractivity contribution in [1.82, 2.24) is 5.32 Å². The van der Waals surface area contributed by atoms with E-state index < -0.39 is 0 Å². The van der Waals surface area contributed by atoms with Crippen LogP contribution < -0.4 is 5.32 Å². The molecule has 0 spiro atoms. The Labute approximate surface area is 78.6 Å². The molecule has 0 saturated carbocycles. The summed E-state index contributed by atoms with van der Waals surface area (Å²) < 4.78 is 4.52. The van der Waals surface area contributed by atoms with Gasteiger partial charge in [-0.15, -0.1) is 0 Å². The van der Waals surface area contributed by atoms with Crippen LogP contribution >= 0.6 is 0 Å². The summed E-state index contributed by atoms with van der Waals surface area (Å²) in [6, 6.07) is -0.134. The van der Waals surface area contributed by atoms with E-state index in [4.69, 9.17) is 0 Å². The first-order chi connectivity index (χ1) is 5.97. The van der Waals surface area contributed by atoms with Gasteiger partial charge in [-0.3, -0.25) is 9.59 Å². The van der Waals surface area contributed by atoms with Crippen molar-refractivity contribution >= 4 is 11.9 Å². The van der Waals surface area contributed by atoms with Crippen molar-refractivity contribution in [2.75, 3.05) is 7.11 Å². The molecule has 0 rings (SSSR count). The molecule has 1 N–H and O–H groups in total. The molecular weight excluding hydrogens is 170 g/mol. The van der Waals surface area contributed by atoms with Crippen LogP contribution in [-0.4, -0.2) is 25.0 Å². The fraction of sp³-hybridized carbons (Fsp3) is 0.778. The largest absolute Gasteiger partial charge is 0.469 e. The van der Waals surface area contributed by atoms with Crippen LogP contribution in [-0.2, 0) is 14.3 Å². The highest BCUT2D eigenvalue weighted by Gasteiger charge is 2.18. The summed E-state index contributed by atoms with van der Waals surface area (Å²) in [5, 5.41) is 2.70. The summed E-state index contributed by atoms with van der Waals surface area (Å²) in [4.78, 5) is 21.7. The van der Waals surface area contributed by atoms with Gasteiger partial charge in [0.2, 0.25) is 5.91 Å². The molecule has 0 saturated heterocycles. The Hall–Kier alpha value is -1.06. The first-order valence-corrected chi connectivity index (χ1v) is 4.31. The topological polar surface area (TPSA) is 55.4 Å². The first-order valence-electron chi connectivity index (χ1n) is 4.31. The molecule has 0 aromatic rings. The monoisotopic (exact) mass is 187 g/mol. The molecular formula is C9H17NO3. The number of hydrogen-bond donors (Lipinski definition) is 1. The van der Waals surface area contributed by atoms with Crippen molar-refractivity contribution in [1.29, 1.82) is 0 Å². The number of esters is 1. The van der Waals surface area contributed by atoms with Crippen molar-refractivity contribution in [3.05, 3.63) is 0 Å². The van der Waals surface area contributed by atoms with Gasteiger partial charge in [-0.1, -0.05) is 13.8 Å². The molecule has 0 radical (unpaired) electrons. The lowest BCUT2D eigenvalue weighted by atomic mass is 10.0. The van der Waals surface area contributed by atoms with E-state index in [1.165, 1.54) is 14.0 Å². The highest BCUT2D eigenvalue weighted by molar-refractivity contribution is 5.75. The van der Waals surface area contributed by atoms with E-state index in [1.807, 2.05) is 13.8 Å². The maximum Gasteiger partial charge on any atom is 0.307 e. The number of hydrogen-bond acceptors (Lipinski definition) is 3. The van der Waals surface area contributed by atoms with Crippen LogP contribution in [0.15, 0.2) is 0 Å². The number of methoxy groups -OCH3 is 1. The minimum absolute atomic E-state index is 0.123. The molecule has 0 heterocycles. The smallest absolute Gasteiger partial charge is 0.307 e. The molecule has 0 bridgehead atoms.